The van der Waals surface area contributed by atoms with Gasteiger partial charge in [-0.1, -0.05) is 97.6 Å². The highest BCUT2D eigenvalue weighted by molar-refractivity contribution is 6.09. The topological polar surface area (TPSA) is 79.5 Å². The van der Waals surface area contributed by atoms with Crippen LogP contribution in [0, 0.1) is 34.0 Å². The zero-order valence-corrected chi connectivity index (χ0v) is 27.8. The summed E-state index contributed by atoms with van der Waals surface area (Å²) in [6.07, 6.45) is 12.0. The second-order valence-corrected chi connectivity index (χ2v) is 12.7. The molecule has 0 amide bonds. The van der Waals surface area contributed by atoms with Crippen molar-refractivity contribution in [3.8, 4) is 35.0 Å². The molecule has 5 nitrogen and oxygen atoms in total. The Morgan fingerprint density at radius 1 is 0.647 bits per heavy atom. The molecule has 0 radical (unpaired) electrons. The first-order chi connectivity index (χ1) is 25.1. The summed E-state index contributed by atoms with van der Waals surface area (Å²) in [5.41, 5.74) is 12.7. The third-order valence-electron chi connectivity index (χ3n) is 9.75. The zero-order chi connectivity index (χ0) is 34.9. The van der Waals surface area contributed by atoms with Crippen LogP contribution in [-0.2, 0) is 0 Å². The van der Waals surface area contributed by atoms with Gasteiger partial charge in [-0.15, -0.1) is 0 Å². The minimum Gasteiger partial charge on any atom is -0.340 e. The Morgan fingerprint density at radius 3 is 2.25 bits per heavy atom. The lowest BCUT2D eigenvalue weighted by atomic mass is 9.92. The van der Waals surface area contributed by atoms with E-state index in [0.29, 0.717) is 23.2 Å². The maximum atomic E-state index is 10.4. The van der Waals surface area contributed by atoms with Crippen LogP contribution < -0.4 is 4.90 Å². The monoisotopic (exact) mass is 653 g/mol. The van der Waals surface area contributed by atoms with Gasteiger partial charge in [0.1, 0.15) is 0 Å². The maximum Gasteiger partial charge on any atom is 0.0998 e. The zero-order valence-electron chi connectivity index (χ0n) is 27.8. The van der Waals surface area contributed by atoms with Crippen molar-refractivity contribution in [2.75, 3.05) is 11.4 Å². The number of allylic oxidation sites excluding steroid dienone is 8. The van der Waals surface area contributed by atoms with Crippen LogP contribution in [0.25, 0.3) is 49.8 Å². The molecule has 51 heavy (non-hydrogen) atoms. The molecule has 0 saturated heterocycles. The molecule has 0 N–H and O–H groups in total. The number of fused-ring (bicyclic) bond motifs is 4. The van der Waals surface area contributed by atoms with Crippen LogP contribution in [0.5, 0.6) is 0 Å². The molecular formula is C46H31N5. The predicted molar refractivity (Wildman–Crippen MR) is 207 cm³/mol. The molecule has 0 unspecified atom stereocenters. The quantitative estimate of drug-likeness (QED) is 0.190. The highest BCUT2D eigenvalue weighted by atomic mass is 15.1. The Hall–Kier alpha value is -7.13. The molecule has 5 heteroatoms. The number of benzene rings is 5. The first-order valence-corrected chi connectivity index (χ1v) is 16.9. The number of para-hydroxylation sites is 2. The minimum atomic E-state index is 0.575. The molecule has 1 aromatic heterocycles. The normalized spacial score (nSPS) is 15.9. The molecule has 0 bridgehead atoms. The molecule has 0 fully saturated rings. The number of nitriles is 3. The largest absolute Gasteiger partial charge is 0.340 e. The van der Waals surface area contributed by atoms with Crippen molar-refractivity contribution < 1.29 is 0 Å². The minimum absolute atomic E-state index is 0.575. The van der Waals surface area contributed by atoms with Gasteiger partial charge in [0.05, 0.1) is 45.9 Å². The standard InChI is InChI=1S/C46H31N5/c1-31-25-32(28-47)9-8-24-50(43-13-5-2-10-38(31)43)44-14-6-3-11-40(44)35-19-17-34(18-20-35)39-23-21-37(27-36(39)30-49)51-45-15-7-4-12-41(45)42-22-16-33(29-48)26-46(42)51/h2-5,7-13,15-23,25-27H,1,6,14,24H2/b9-8-,32-25+. The van der Waals surface area contributed by atoms with Gasteiger partial charge < -0.3 is 9.47 Å². The number of hydrogen-bond acceptors (Lipinski definition) is 4. The fourth-order valence-corrected chi connectivity index (χ4v) is 7.36. The van der Waals surface area contributed by atoms with Crippen molar-refractivity contribution >= 4 is 38.6 Å². The summed E-state index contributed by atoms with van der Waals surface area (Å²) in [7, 11) is 0. The van der Waals surface area contributed by atoms with Gasteiger partial charge >= 0.3 is 0 Å². The van der Waals surface area contributed by atoms with E-state index in [9.17, 15) is 15.8 Å². The predicted octanol–water partition coefficient (Wildman–Crippen LogP) is 10.8. The molecule has 1 aliphatic heterocycles. The summed E-state index contributed by atoms with van der Waals surface area (Å²) < 4.78 is 2.13. The molecule has 2 heterocycles. The molecule has 0 atom stereocenters. The molecule has 2 aliphatic rings. The van der Waals surface area contributed by atoms with E-state index in [1.54, 1.807) is 0 Å². The van der Waals surface area contributed by atoms with E-state index >= 15 is 0 Å². The summed E-state index contributed by atoms with van der Waals surface area (Å²) in [4.78, 5) is 2.35. The van der Waals surface area contributed by atoms with Gasteiger partial charge in [-0.2, -0.15) is 15.8 Å². The fourth-order valence-electron chi connectivity index (χ4n) is 7.36. The lowest BCUT2D eigenvalue weighted by molar-refractivity contribution is 0.873. The second-order valence-electron chi connectivity index (χ2n) is 12.7. The second kappa shape index (κ2) is 13.1. The fraction of sp³-hybridized carbons (Fsp3) is 0.0652. The van der Waals surface area contributed by atoms with Crippen LogP contribution in [0.4, 0.5) is 5.69 Å². The average molecular weight is 654 g/mol. The Bertz CT molecular complexity index is 2660. The number of aromatic nitrogens is 1. The van der Waals surface area contributed by atoms with E-state index in [1.807, 2.05) is 72.8 Å². The van der Waals surface area contributed by atoms with Crippen LogP contribution >= 0.6 is 0 Å². The Kier molecular flexibility index (Phi) is 7.98. The van der Waals surface area contributed by atoms with Crippen LogP contribution in [0.1, 0.15) is 35.1 Å². The number of hydrogen-bond donors (Lipinski definition) is 0. The smallest absolute Gasteiger partial charge is 0.0998 e. The Labute approximate surface area is 297 Å². The molecule has 0 saturated carbocycles. The van der Waals surface area contributed by atoms with E-state index in [-0.39, 0.29) is 0 Å². The molecule has 6 aromatic rings. The molecule has 8 rings (SSSR count). The van der Waals surface area contributed by atoms with E-state index in [1.165, 1.54) is 5.70 Å². The van der Waals surface area contributed by atoms with E-state index in [0.717, 1.165) is 79.4 Å². The van der Waals surface area contributed by atoms with Gasteiger partial charge in [0.2, 0.25) is 0 Å². The van der Waals surface area contributed by atoms with Crippen LogP contribution in [0.3, 0.4) is 0 Å². The van der Waals surface area contributed by atoms with Crippen LogP contribution in [0.2, 0.25) is 0 Å². The van der Waals surface area contributed by atoms with Gasteiger partial charge in [0.15, 0.2) is 0 Å². The summed E-state index contributed by atoms with van der Waals surface area (Å²) in [5, 5.41) is 31.9. The van der Waals surface area contributed by atoms with Crippen molar-refractivity contribution in [1.29, 1.82) is 15.8 Å². The first-order valence-electron chi connectivity index (χ1n) is 16.9. The molecule has 0 spiro atoms. The highest BCUT2D eigenvalue weighted by Crippen LogP contribution is 2.39. The third-order valence-corrected chi connectivity index (χ3v) is 9.75. The average Bonchev–Trinajstić information content (AvgIpc) is 3.55. The maximum absolute atomic E-state index is 10.4. The van der Waals surface area contributed by atoms with Crippen LogP contribution in [-0.4, -0.2) is 11.1 Å². The Morgan fingerprint density at radius 2 is 1.43 bits per heavy atom. The van der Waals surface area contributed by atoms with E-state index < -0.39 is 0 Å². The molecule has 240 valence electrons. The summed E-state index contributed by atoms with van der Waals surface area (Å²) >= 11 is 0. The van der Waals surface area contributed by atoms with Crippen molar-refractivity contribution in [3.05, 3.63) is 180 Å². The van der Waals surface area contributed by atoms with Crippen LogP contribution in [0.15, 0.2) is 157 Å². The van der Waals surface area contributed by atoms with Gasteiger partial charge in [-0.05, 0) is 83.7 Å². The van der Waals surface area contributed by atoms with Gasteiger partial charge in [-0.25, -0.2) is 0 Å². The summed E-state index contributed by atoms with van der Waals surface area (Å²) in [5.74, 6) is 0. The first kappa shape index (κ1) is 31.2. The molecule has 1 aliphatic carbocycles. The SMILES string of the molecule is C=C1/C=C(C#N)\C=C/CN(C2=C(c3ccc(-c4ccc(-n5c6ccccc6c6ccc(C#N)cc65)cc4C#N)cc3)C=CCC2)c2ccccc21. The summed E-state index contributed by atoms with van der Waals surface area (Å²) in [6, 6.07) is 43.7. The van der Waals surface area contributed by atoms with Crippen molar-refractivity contribution in [2.24, 2.45) is 0 Å². The van der Waals surface area contributed by atoms with E-state index in [2.05, 4.69) is 101 Å². The van der Waals surface area contributed by atoms with Crippen molar-refractivity contribution in [3.63, 3.8) is 0 Å². The summed E-state index contributed by atoms with van der Waals surface area (Å²) in [6.45, 7) is 4.93. The van der Waals surface area contributed by atoms with Gasteiger partial charge in [0, 0.05) is 45.5 Å². The lowest BCUT2D eigenvalue weighted by Crippen LogP contribution is -2.25. The van der Waals surface area contributed by atoms with E-state index in [4.69, 9.17) is 0 Å². The Balaban J connectivity index is 1.18. The van der Waals surface area contributed by atoms with Crippen molar-refractivity contribution in [2.45, 2.75) is 12.8 Å². The van der Waals surface area contributed by atoms with Gasteiger partial charge in [0.25, 0.3) is 0 Å². The van der Waals surface area contributed by atoms with Gasteiger partial charge in [-0.3, -0.25) is 0 Å². The highest BCUT2D eigenvalue weighted by Gasteiger charge is 2.22. The number of nitrogens with zero attached hydrogens (tertiary/aromatic N) is 5. The molecule has 5 aromatic carbocycles. The lowest BCUT2D eigenvalue weighted by Gasteiger charge is -2.32. The van der Waals surface area contributed by atoms with Crippen molar-refractivity contribution in [1.82, 2.24) is 4.57 Å². The number of rotatable bonds is 4. The molecular weight excluding hydrogens is 623 g/mol. The third kappa shape index (κ3) is 5.52. The number of anilines is 1.